The van der Waals surface area contributed by atoms with Crippen molar-refractivity contribution in [2.45, 2.75) is 46.6 Å². The van der Waals surface area contributed by atoms with Crippen LogP contribution in [0.4, 0.5) is 0 Å². The van der Waals surface area contributed by atoms with Crippen LogP contribution in [0.15, 0.2) is 60.0 Å². The Bertz CT molecular complexity index is 1320. The van der Waals surface area contributed by atoms with Crippen molar-refractivity contribution in [1.29, 1.82) is 0 Å². The van der Waals surface area contributed by atoms with Gasteiger partial charge >= 0.3 is 29.7 Å². The van der Waals surface area contributed by atoms with E-state index in [1.807, 2.05) is 0 Å². The van der Waals surface area contributed by atoms with Gasteiger partial charge in [0, 0.05) is 0 Å². The number of imide groups is 1. The maximum Gasteiger partial charge on any atom is 0.338 e. The number of carbonyl (C=O) groups excluding carboxylic acids is 5. The number of nitrogens with zero attached hydrogens (tertiary/aromatic N) is 1. The molecule has 0 radical (unpaired) electrons. The molecule has 0 aliphatic carbocycles. The first kappa shape index (κ1) is 35.7. The quantitative estimate of drug-likeness (QED) is 0.107. The maximum absolute atomic E-state index is 13.3. The van der Waals surface area contributed by atoms with E-state index in [-0.39, 0.29) is 92.7 Å². The van der Waals surface area contributed by atoms with Gasteiger partial charge in [-0.1, -0.05) is 0 Å². The number of benzene rings is 2. The topological polar surface area (TPSA) is 153 Å². The third-order valence-corrected chi connectivity index (χ3v) is 5.96. The fraction of sp³-hybridized carbons (Fsp3) is 0.424. The number of carbonyl (C=O) groups is 5. The average molecular weight is 642 g/mol. The van der Waals surface area contributed by atoms with Gasteiger partial charge < -0.3 is 33.2 Å². The number of ether oxygens (including phenoxy) is 7. The summed E-state index contributed by atoms with van der Waals surface area (Å²) in [6.07, 6.45) is 0.0996. The monoisotopic (exact) mass is 641 g/mol. The lowest BCUT2D eigenvalue weighted by Crippen LogP contribution is -2.35. The Labute approximate surface area is 267 Å². The van der Waals surface area contributed by atoms with Gasteiger partial charge in [-0.25, -0.2) is 9.59 Å². The summed E-state index contributed by atoms with van der Waals surface area (Å²) in [6, 6.07) is 11.7. The van der Waals surface area contributed by atoms with Crippen molar-refractivity contribution < 1.29 is 57.1 Å². The summed E-state index contributed by atoms with van der Waals surface area (Å²) < 4.78 is 37.7. The van der Waals surface area contributed by atoms with Crippen LogP contribution < -0.4 is 9.47 Å². The Morgan fingerprint density at radius 2 is 1.09 bits per heavy atom. The van der Waals surface area contributed by atoms with E-state index in [1.54, 1.807) is 34.6 Å². The summed E-state index contributed by atoms with van der Waals surface area (Å²) in [6.45, 7) is 9.54. The largest absolute Gasteiger partial charge is 0.462 e. The second kappa shape index (κ2) is 17.1. The molecule has 0 saturated carbocycles. The SMILES string of the molecule is CCOC(=O)c1ccc(OC2=C(Oc3ccc(C(=O)OCC)cc3)C(=O)N(CCOCCOCCC(=O)OC(C)(C)C)C2=O)cc1. The summed E-state index contributed by atoms with van der Waals surface area (Å²) in [5.41, 5.74) is -0.00998. The number of amides is 2. The fourth-order valence-corrected chi connectivity index (χ4v) is 3.92. The van der Waals surface area contributed by atoms with Gasteiger partial charge in [-0.2, -0.15) is 0 Å². The lowest BCUT2D eigenvalue weighted by atomic mass is 10.2. The molecule has 1 heterocycles. The van der Waals surface area contributed by atoms with Crippen LogP contribution in [-0.4, -0.2) is 86.4 Å². The third-order valence-electron chi connectivity index (χ3n) is 5.96. The first-order valence-electron chi connectivity index (χ1n) is 14.8. The van der Waals surface area contributed by atoms with Gasteiger partial charge in [0.15, 0.2) is 0 Å². The third kappa shape index (κ3) is 10.7. The highest BCUT2D eigenvalue weighted by Crippen LogP contribution is 2.28. The van der Waals surface area contributed by atoms with Gasteiger partial charge in [0.05, 0.1) is 63.7 Å². The van der Waals surface area contributed by atoms with E-state index in [4.69, 9.17) is 33.2 Å². The molecule has 0 spiro atoms. The summed E-state index contributed by atoms with van der Waals surface area (Å²) in [5, 5.41) is 0. The van der Waals surface area contributed by atoms with E-state index in [2.05, 4.69) is 0 Å². The zero-order valence-electron chi connectivity index (χ0n) is 26.6. The molecule has 13 heteroatoms. The molecule has 2 amide bonds. The predicted octanol–water partition coefficient (Wildman–Crippen LogP) is 3.84. The zero-order valence-corrected chi connectivity index (χ0v) is 26.6. The molecule has 1 aliphatic heterocycles. The maximum atomic E-state index is 13.3. The van der Waals surface area contributed by atoms with E-state index in [1.165, 1.54) is 48.5 Å². The Morgan fingerprint density at radius 1 is 0.652 bits per heavy atom. The van der Waals surface area contributed by atoms with E-state index in [0.717, 1.165) is 4.90 Å². The predicted molar refractivity (Wildman–Crippen MR) is 162 cm³/mol. The average Bonchev–Trinajstić information content (AvgIpc) is 3.22. The van der Waals surface area contributed by atoms with Crippen LogP contribution in [0, 0.1) is 0 Å². The van der Waals surface area contributed by atoms with Gasteiger partial charge in [-0.3, -0.25) is 19.3 Å². The van der Waals surface area contributed by atoms with Crippen molar-refractivity contribution in [3.05, 3.63) is 71.2 Å². The summed E-state index contributed by atoms with van der Waals surface area (Å²) in [4.78, 5) is 63.4. The summed E-state index contributed by atoms with van der Waals surface area (Å²) in [7, 11) is 0. The Kier molecular flexibility index (Phi) is 13.3. The molecule has 2 aromatic carbocycles. The first-order chi connectivity index (χ1) is 21.9. The Morgan fingerprint density at radius 3 is 1.50 bits per heavy atom. The van der Waals surface area contributed by atoms with Crippen molar-refractivity contribution in [3.8, 4) is 11.5 Å². The molecule has 3 rings (SSSR count). The lowest BCUT2D eigenvalue weighted by molar-refractivity contribution is -0.156. The molecule has 248 valence electrons. The molecular weight excluding hydrogens is 602 g/mol. The number of rotatable bonds is 17. The van der Waals surface area contributed by atoms with Gasteiger partial charge in [-0.15, -0.1) is 0 Å². The highest BCUT2D eigenvalue weighted by Gasteiger charge is 2.42. The van der Waals surface area contributed by atoms with Crippen LogP contribution in [-0.2, 0) is 38.1 Å². The van der Waals surface area contributed by atoms with Crippen LogP contribution in [0.3, 0.4) is 0 Å². The number of esters is 3. The van der Waals surface area contributed by atoms with Gasteiger partial charge in [0.2, 0.25) is 11.5 Å². The molecule has 0 atom stereocenters. The van der Waals surface area contributed by atoms with Crippen LogP contribution in [0.5, 0.6) is 11.5 Å². The molecule has 0 bridgehead atoms. The standard InChI is InChI=1S/C33H39NO12/c1-6-42-31(38)22-8-12-24(13-9-22)44-27-28(45-25-14-10-23(11-15-25)32(39)43-7-2)30(37)34(29(27)36)17-19-41-21-20-40-18-16-26(35)46-33(3,4)5/h8-15H,6-7,16-21H2,1-5H3. The van der Waals surface area contributed by atoms with E-state index >= 15 is 0 Å². The van der Waals surface area contributed by atoms with Crippen molar-refractivity contribution in [3.63, 3.8) is 0 Å². The van der Waals surface area contributed by atoms with E-state index < -0.39 is 29.4 Å². The highest BCUT2D eigenvalue weighted by atomic mass is 16.6. The van der Waals surface area contributed by atoms with Crippen LogP contribution in [0.25, 0.3) is 0 Å². The minimum absolute atomic E-state index is 0.00403. The number of hydrogen-bond acceptors (Lipinski definition) is 12. The molecule has 0 aromatic heterocycles. The molecule has 1 aliphatic rings. The zero-order chi connectivity index (χ0) is 33.7. The summed E-state index contributed by atoms with van der Waals surface area (Å²) >= 11 is 0. The smallest absolute Gasteiger partial charge is 0.338 e. The molecule has 0 N–H and O–H groups in total. The Hall–Kier alpha value is -4.75. The Balaban J connectivity index is 1.64. The molecule has 13 nitrogen and oxygen atoms in total. The van der Waals surface area contributed by atoms with Crippen LogP contribution >= 0.6 is 0 Å². The normalized spacial score (nSPS) is 13.1. The highest BCUT2D eigenvalue weighted by molar-refractivity contribution is 6.17. The van der Waals surface area contributed by atoms with Gasteiger partial charge in [0.1, 0.15) is 17.1 Å². The van der Waals surface area contributed by atoms with Crippen LogP contribution in [0.2, 0.25) is 0 Å². The van der Waals surface area contributed by atoms with Crippen molar-refractivity contribution in [2.24, 2.45) is 0 Å². The summed E-state index contributed by atoms with van der Waals surface area (Å²) in [5.74, 6) is -3.31. The molecule has 0 fully saturated rings. The first-order valence-corrected chi connectivity index (χ1v) is 14.8. The second-order valence-electron chi connectivity index (χ2n) is 10.7. The lowest BCUT2D eigenvalue weighted by Gasteiger charge is -2.19. The van der Waals surface area contributed by atoms with Crippen molar-refractivity contribution >= 4 is 29.7 Å². The molecule has 2 aromatic rings. The molecule has 46 heavy (non-hydrogen) atoms. The minimum Gasteiger partial charge on any atom is -0.462 e. The van der Waals surface area contributed by atoms with E-state index in [9.17, 15) is 24.0 Å². The second-order valence-corrected chi connectivity index (χ2v) is 10.7. The van der Waals surface area contributed by atoms with Crippen LogP contribution in [0.1, 0.15) is 61.8 Å². The molecule has 0 saturated heterocycles. The van der Waals surface area contributed by atoms with Gasteiger partial charge in [-0.05, 0) is 83.1 Å². The van der Waals surface area contributed by atoms with Gasteiger partial charge in [0.25, 0.3) is 0 Å². The number of hydrogen-bond donors (Lipinski definition) is 0. The molecular formula is C33H39NO12. The molecule has 0 unspecified atom stereocenters. The fourth-order valence-electron chi connectivity index (χ4n) is 3.92. The van der Waals surface area contributed by atoms with Crippen molar-refractivity contribution in [2.75, 3.05) is 46.2 Å². The van der Waals surface area contributed by atoms with E-state index in [0.29, 0.717) is 0 Å². The minimum atomic E-state index is -0.755. The van der Waals surface area contributed by atoms with Crippen molar-refractivity contribution in [1.82, 2.24) is 4.90 Å².